The lowest BCUT2D eigenvalue weighted by Gasteiger charge is -2.03. The Morgan fingerprint density at radius 3 is 2.88 bits per heavy atom. The number of para-hydroxylation sites is 1. The number of aromatic nitrogens is 1. The van der Waals surface area contributed by atoms with Crippen molar-refractivity contribution in [2.24, 2.45) is 0 Å². The van der Waals surface area contributed by atoms with Crippen LogP contribution in [0.2, 0.25) is 0 Å². The summed E-state index contributed by atoms with van der Waals surface area (Å²) in [6, 6.07) is 17.3. The minimum Gasteiger partial charge on any atom is -0.454 e. The molecule has 1 N–H and O–H groups in total. The molecule has 0 aliphatic carbocycles. The number of thioether (sulfide) groups is 1. The zero-order chi connectivity index (χ0) is 17.2. The lowest BCUT2D eigenvalue weighted by atomic mass is 10.2. The van der Waals surface area contributed by atoms with Crippen molar-refractivity contribution in [1.29, 1.82) is 0 Å². The van der Waals surface area contributed by atoms with E-state index in [4.69, 9.17) is 4.42 Å². The summed E-state index contributed by atoms with van der Waals surface area (Å²) >= 11 is 2.98. The molecule has 1 amide bonds. The van der Waals surface area contributed by atoms with Crippen LogP contribution < -0.4 is 5.32 Å². The number of rotatable bonds is 4. The van der Waals surface area contributed by atoms with Gasteiger partial charge in [-0.25, -0.2) is 4.98 Å². The molecule has 4 nitrogen and oxygen atoms in total. The highest BCUT2D eigenvalue weighted by Crippen LogP contribution is 2.30. The van der Waals surface area contributed by atoms with Crippen LogP contribution in [-0.2, 0) is 0 Å². The van der Waals surface area contributed by atoms with Crippen LogP contribution in [0.1, 0.15) is 10.4 Å². The SMILES string of the molecule is CSc1cccc(C(=O)Nc2nc(-c3cc4ccccc4o3)cs2)c1. The van der Waals surface area contributed by atoms with E-state index in [1.807, 2.05) is 60.2 Å². The van der Waals surface area contributed by atoms with Crippen LogP contribution in [0.3, 0.4) is 0 Å². The number of carbonyl (C=O) groups excluding carboxylic acids is 1. The fraction of sp³-hybridized carbons (Fsp3) is 0.0526. The van der Waals surface area contributed by atoms with E-state index in [0.717, 1.165) is 21.6 Å². The zero-order valence-corrected chi connectivity index (χ0v) is 15.0. The van der Waals surface area contributed by atoms with Crippen molar-refractivity contribution in [3.8, 4) is 11.5 Å². The Labute approximate surface area is 152 Å². The molecule has 6 heteroatoms. The van der Waals surface area contributed by atoms with Crippen LogP contribution in [0, 0.1) is 0 Å². The number of anilines is 1. The highest BCUT2D eigenvalue weighted by atomic mass is 32.2. The fourth-order valence-corrected chi connectivity index (χ4v) is 3.64. The van der Waals surface area contributed by atoms with Gasteiger partial charge in [0, 0.05) is 21.2 Å². The number of thiazole rings is 1. The van der Waals surface area contributed by atoms with Crippen LogP contribution >= 0.6 is 23.1 Å². The summed E-state index contributed by atoms with van der Waals surface area (Å²) in [5.74, 6) is 0.531. The van der Waals surface area contributed by atoms with Gasteiger partial charge in [0.2, 0.25) is 0 Å². The van der Waals surface area contributed by atoms with Gasteiger partial charge in [0.1, 0.15) is 11.3 Å². The van der Waals surface area contributed by atoms with Gasteiger partial charge >= 0.3 is 0 Å². The second-order valence-corrected chi connectivity index (χ2v) is 7.11. The van der Waals surface area contributed by atoms with Gasteiger partial charge in [-0.05, 0) is 36.6 Å². The van der Waals surface area contributed by atoms with Gasteiger partial charge in [-0.1, -0.05) is 24.3 Å². The van der Waals surface area contributed by atoms with Crippen molar-refractivity contribution in [1.82, 2.24) is 4.98 Å². The van der Waals surface area contributed by atoms with Crippen LogP contribution in [-0.4, -0.2) is 17.1 Å². The monoisotopic (exact) mass is 366 g/mol. The maximum absolute atomic E-state index is 12.4. The predicted octanol–water partition coefficient (Wildman–Crippen LogP) is 5.53. The number of furan rings is 1. The van der Waals surface area contributed by atoms with Crippen LogP contribution in [0.4, 0.5) is 5.13 Å². The third-order valence-electron chi connectivity index (χ3n) is 3.73. The lowest BCUT2D eigenvalue weighted by molar-refractivity contribution is 0.102. The highest BCUT2D eigenvalue weighted by Gasteiger charge is 2.13. The topological polar surface area (TPSA) is 55.1 Å². The smallest absolute Gasteiger partial charge is 0.257 e. The van der Waals surface area contributed by atoms with E-state index in [9.17, 15) is 4.79 Å². The molecule has 4 aromatic rings. The van der Waals surface area contributed by atoms with E-state index < -0.39 is 0 Å². The molecule has 0 saturated carbocycles. The number of hydrogen-bond donors (Lipinski definition) is 1. The van der Waals surface area contributed by atoms with Gasteiger partial charge in [0.15, 0.2) is 10.9 Å². The predicted molar refractivity (Wildman–Crippen MR) is 103 cm³/mol. The van der Waals surface area contributed by atoms with E-state index in [1.54, 1.807) is 17.8 Å². The Morgan fingerprint density at radius 2 is 2.04 bits per heavy atom. The number of carbonyl (C=O) groups is 1. The van der Waals surface area contributed by atoms with Crippen molar-refractivity contribution in [2.75, 3.05) is 11.6 Å². The average Bonchev–Trinajstić information content (AvgIpc) is 3.28. The number of amides is 1. The molecule has 0 spiro atoms. The molecule has 124 valence electrons. The van der Waals surface area contributed by atoms with Crippen molar-refractivity contribution in [3.05, 3.63) is 65.5 Å². The number of nitrogens with zero attached hydrogens (tertiary/aromatic N) is 1. The van der Waals surface area contributed by atoms with Gasteiger partial charge < -0.3 is 4.42 Å². The van der Waals surface area contributed by atoms with Crippen molar-refractivity contribution in [2.45, 2.75) is 4.90 Å². The number of hydrogen-bond acceptors (Lipinski definition) is 5. The first kappa shape index (κ1) is 15.9. The molecule has 0 radical (unpaired) electrons. The number of benzene rings is 2. The van der Waals surface area contributed by atoms with Gasteiger partial charge in [0.05, 0.1) is 0 Å². The van der Waals surface area contributed by atoms with Crippen molar-refractivity contribution < 1.29 is 9.21 Å². The quantitative estimate of drug-likeness (QED) is 0.482. The van der Waals surface area contributed by atoms with Crippen molar-refractivity contribution in [3.63, 3.8) is 0 Å². The summed E-state index contributed by atoms with van der Waals surface area (Å²) in [5.41, 5.74) is 2.16. The van der Waals surface area contributed by atoms with E-state index in [-0.39, 0.29) is 5.91 Å². The molecule has 25 heavy (non-hydrogen) atoms. The summed E-state index contributed by atoms with van der Waals surface area (Å²) in [7, 11) is 0. The van der Waals surface area contributed by atoms with E-state index in [1.165, 1.54) is 11.3 Å². The molecule has 4 rings (SSSR count). The number of nitrogens with one attached hydrogen (secondary N) is 1. The third kappa shape index (κ3) is 3.31. The van der Waals surface area contributed by atoms with Crippen LogP contribution in [0.25, 0.3) is 22.4 Å². The summed E-state index contributed by atoms with van der Waals surface area (Å²) in [4.78, 5) is 17.9. The normalized spacial score (nSPS) is 10.9. The second-order valence-electron chi connectivity index (χ2n) is 5.37. The fourth-order valence-electron chi connectivity index (χ4n) is 2.49. The molecule has 0 bridgehead atoms. The second kappa shape index (κ2) is 6.74. The molecule has 0 aliphatic heterocycles. The molecule has 0 fully saturated rings. The molecular formula is C19H14N2O2S2. The standard InChI is InChI=1S/C19H14N2O2S2/c1-24-14-7-4-6-13(9-14)18(22)21-19-20-15(11-25-19)17-10-12-5-2-3-8-16(12)23-17/h2-11H,1H3,(H,20,21,22). The van der Waals surface area contributed by atoms with E-state index in [0.29, 0.717) is 16.5 Å². The first-order valence-electron chi connectivity index (χ1n) is 7.63. The van der Waals surface area contributed by atoms with Gasteiger partial charge in [-0.3, -0.25) is 10.1 Å². The molecule has 2 aromatic heterocycles. The minimum absolute atomic E-state index is 0.165. The minimum atomic E-state index is -0.165. The summed E-state index contributed by atoms with van der Waals surface area (Å²) < 4.78 is 5.82. The first-order valence-corrected chi connectivity index (χ1v) is 9.73. The summed E-state index contributed by atoms with van der Waals surface area (Å²) in [6.07, 6.45) is 1.98. The first-order chi connectivity index (χ1) is 12.2. The maximum Gasteiger partial charge on any atom is 0.257 e. The van der Waals surface area contributed by atoms with Gasteiger partial charge in [0.25, 0.3) is 5.91 Å². The zero-order valence-electron chi connectivity index (χ0n) is 13.4. The van der Waals surface area contributed by atoms with E-state index in [2.05, 4.69) is 10.3 Å². The Morgan fingerprint density at radius 1 is 1.16 bits per heavy atom. The Bertz CT molecular complexity index is 1020. The number of fused-ring (bicyclic) bond motifs is 1. The van der Waals surface area contributed by atoms with Crippen LogP contribution in [0.5, 0.6) is 0 Å². The lowest BCUT2D eigenvalue weighted by Crippen LogP contribution is -2.11. The molecule has 0 atom stereocenters. The molecule has 2 heterocycles. The molecule has 2 aromatic carbocycles. The third-order valence-corrected chi connectivity index (χ3v) is 5.22. The highest BCUT2D eigenvalue weighted by molar-refractivity contribution is 7.98. The van der Waals surface area contributed by atoms with Crippen molar-refractivity contribution >= 4 is 45.1 Å². The largest absolute Gasteiger partial charge is 0.454 e. The maximum atomic E-state index is 12.4. The Hall–Kier alpha value is -2.57. The molecule has 0 aliphatic rings. The molecule has 0 saturated heterocycles. The summed E-state index contributed by atoms with van der Waals surface area (Å²) in [6.45, 7) is 0. The summed E-state index contributed by atoms with van der Waals surface area (Å²) in [5, 5.41) is 6.31. The van der Waals surface area contributed by atoms with Gasteiger partial charge in [-0.2, -0.15) is 0 Å². The Kier molecular flexibility index (Phi) is 4.29. The van der Waals surface area contributed by atoms with Crippen LogP contribution in [0.15, 0.2) is 69.3 Å². The average molecular weight is 366 g/mol. The molecule has 0 unspecified atom stereocenters. The Balaban J connectivity index is 1.55. The van der Waals surface area contributed by atoms with E-state index >= 15 is 0 Å². The van der Waals surface area contributed by atoms with Gasteiger partial charge in [-0.15, -0.1) is 23.1 Å². The molecular weight excluding hydrogens is 352 g/mol.